The van der Waals surface area contributed by atoms with E-state index < -0.39 is 0 Å². The molecular weight excluding hydrogens is 368 g/mol. The molecule has 1 fully saturated rings. The number of aryl methyl sites for hydroxylation is 2. The maximum Gasteiger partial charge on any atom is 0.156 e. The maximum absolute atomic E-state index is 4.90. The standard InChI is InChI=1S/C21H24N6S/c1-4-26-7-5-6-15(12-26)19-9-17-21(28-19)24-18(10-22-17)16-8-13(2)20-23-14(3)11-27(20)25-16/h8-11,15H,4-7,12H2,1-3H3/t15-/m0/s1. The van der Waals surface area contributed by atoms with Gasteiger partial charge in [0.15, 0.2) is 5.65 Å². The number of nitrogens with zero attached hydrogens (tertiary/aromatic N) is 6. The zero-order valence-corrected chi connectivity index (χ0v) is 17.3. The van der Waals surface area contributed by atoms with Crippen molar-refractivity contribution in [1.82, 2.24) is 29.5 Å². The van der Waals surface area contributed by atoms with E-state index in [2.05, 4.69) is 29.8 Å². The molecule has 0 N–H and O–H groups in total. The number of imidazole rings is 1. The van der Waals surface area contributed by atoms with Crippen LogP contribution in [0.2, 0.25) is 0 Å². The molecule has 0 bridgehead atoms. The fraction of sp³-hybridized carbons (Fsp3) is 0.429. The van der Waals surface area contributed by atoms with E-state index in [0.29, 0.717) is 5.92 Å². The first-order valence-electron chi connectivity index (χ1n) is 9.93. The predicted molar refractivity (Wildman–Crippen MR) is 113 cm³/mol. The Kier molecular flexibility index (Phi) is 4.36. The quantitative estimate of drug-likeness (QED) is 0.522. The van der Waals surface area contributed by atoms with Gasteiger partial charge < -0.3 is 4.90 Å². The summed E-state index contributed by atoms with van der Waals surface area (Å²) in [7, 11) is 0. The van der Waals surface area contributed by atoms with Crippen molar-refractivity contribution in [2.45, 2.75) is 39.5 Å². The number of rotatable bonds is 3. The third-order valence-electron chi connectivity index (χ3n) is 5.61. The van der Waals surface area contributed by atoms with Crippen LogP contribution in [0.25, 0.3) is 27.4 Å². The highest BCUT2D eigenvalue weighted by molar-refractivity contribution is 7.18. The minimum atomic E-state index is 0.601. The number of likely N-dealkylation sites (tertiary alicyclic amines) is 1. The Labute approximate surface area is 168 Å². The molecule has 144 valence electrons. The second-order valence-corrected chi connectivity index (χ2v) is 8.75. The lowest BCUT2D eigenvalue weighted by Gasteiger charge is -2.31. The number of fused-ring (bicyclic) bond motifs is 2. The van der Waals surface area contributed by atoms with Crippen LogP contribution in [-0.4, -0.2) is 49.1 Å². The third kappa shape index (κ3) is 3.08. The first-order valence-corrected chi connectivity index (χ1v) is 10.7. The molecule has 1 aliphatic rings. The Balaban J connectivity index is 1.51. The topological polar surface area (TPSA) is 59.2 Å². The van der Waals surface area contributed by atoms with Crippen LogP contribution in [-0.2, 0) is 0 Å². The lowest BCUT2D eigenvalue weighted by molar-refractivity contribution is 0.219. The molecule has 1 atom stereocenters. The summed E-state index contributed by atoms with van der Waals surface area (Å²) in [5.41, 5.74) is 5.59. The van der Waals surface area contributed by atoms with Crippen molar-refractivity contribution in [3.63, 3.8) is 0 Å². The van der Waals surface area contributed by atoms with Crippen molar-refractivity contribution < 1.29 is 0 Å². The highest BCUT2D eigenvalue weighted by Crippen LogP contribution is 2.35. The van der Waals surface area contributed by atoms with Crippen LogP contribution in [0.4, 0.5) is 0 Å². The van der Waals surface area contributed by atoms with Crippen molar-refractivity contribution >= 4 is 27.3 Å². The molecule has 0 radical (unpaired) electrons. The molecule has 5 rings (SSSR count). The average molecular weight is 393 g/mol. The Morgan fingerprint density at radius 1 is 1.18 bits per heavy atom. The van der Waals surface area contributed by atoms with Crippen LogP contribution in [0.3, 0.4) is 0 Å². The number of hydrogen-bond donors (Lipinski definition) is 0. The number of hydrogen-bond acceptors (Lipinski definition) is 6. The number of thiophene rings is 1. The van der Waals surface area contributed by atoms with Gasteiger partial charge >= 0.3 is 0 Å². The minimum absolute atomic E-state index is 0.601. The molecule has 0 saturated carbocycles. The Bertz CT molecular complexity index is 1160. The van der Waals surface area contributed by atoms with Gasteiger partial charge in [0.05, 0.1) is 18.1 Å². The molecule has 4 aromatic heterocycles. The summed E-state index contributed by atoms with van der Waals surface area (Å²) in [4.78, 5) is 19.1. The molecule has 1 aliphatic heterocycles. The fourth-order valence-corrected chi connectivity index (χ4v) is 5.21. The van der Waals surface area contributed by atoms with Crippen LogP contribution < -0.4 is 0 Å². The van der Waals surface area contributed by atoms with Gasteiger partial charge in [-0.15, -0.1) is 11.3 Å². The van der Waals surface area contributed by atoms with Crippen molar-refractivity contribution in [2.24, 2.45) is 0 Å². The van der Waals surface area contributed by atoms with Gasteiger partial charge in [0.1, 0.15) is 21.7 Å². The summed E-state index contributed by atoms with van der Waals surface area (Å²) < 4.78 is 1.84. The average Bonchev–Trinajstić information content (AvgIpc) is 3.30. The Morgan fingerprint density at radius 3 is 2.93 bits per heavy atom. The van der Waals surface area contributed by atoms with Gasteiger partial charge in [0, 0.05) is 17.3 Å². The highest BCUT2D eigenvalue weighted by Gasteiger charge is 2.22. The lowest BCUT2D eigenvalue weighted by atomic mass is 9.96. The van der Waals surface area contributed by atoms with E-state index in [1.54, 1.807) is 11.3 Å². The second-order valence-electron chi connectivity index (χ2n) is 7.69. The van der Waals surface area contributed by atoms with Gasteiger partial charge in [-0.25, -0.2) is 14.5 Å². The normalized spacial score (nSPS) is 18.3. The van der Waals surface area contributed by atoms with Gasteiger partial charge in [0.25, 0.3) is 0 Å². The molecule has 0 unspecified atom stereocenters. The van der Waals surface area contributed by atoms with E-state index in [1.807, 2.05) is 29.9 Å². The van der Waals surface area contributed by atoms with E-state index in [-0.39, 0.29) is 0 Å². The smallest absolute Gasteiger partial charge is 0.156 e. The van der Waals surface area contributed by atoms with Crippen LogP contribution in [0, 0.1) is 13.8 Å². The predicted octanol–water partition coefficient (Wildman–Crippen LogP) is 4.22. The molecule has 4 aromatic rings. The van der Waals surface area contributed by atoms with E-state index in [0.717, 1.165) is 51.7 Å². The summed E-state index contributed by atoms with van der Waals surface area (Å²) in [5, 5.41) is 4.70. The Morgan fingerprint density at radius 2 is 2.07 bits per heavy atom. The number of likely N-dealkylation sites (N-methyl/N-ethyl adjacent to an activating group) is 1. The molecule has 0 spiro atoms. The SMILES string of the molecule is CCN1CCC[C@H](c2cc3ncc(-c4cc(C)c5nc(C)cn5n4)nc3s2)C1. The third-order valence-corrected chi connectivity index (χ3v) is 6.79. The molecule has 1 saturated heterocycles. The summed E-state index contributed by atoms with van der Waals surface area (Å²) in [6, 6.07) is 4.29. The second kappa shape index (κ2) is 6.90. The molecule has 5 heterocycles. The number of aromatic nitrogens is 5. The summed E-state index contributed by atoms with van der Waals surface area (Å²) >= 11 is 1.79. The van der Waals surface area contributed by atoms with Gasteiger partial charge in [-0.05, 0) is 57.5 Å². The highest BCUT2D eigenvalue weighted by atomic mass is 32.1. The van der Waals surface area contributed by atoms with E-state index in [1.165, 1.54) is 24.3 Å². The molecule has 6 nitrogen and oxygen atoms in total. The van der Waals surface area contributed by atoms with Crippen molar-refractivity contribution in [3.05, 3.63) is 40.7 Å². The molecule has 7 heteroatoms. The van der Waals surface area contributed by atoms with Gasteiger partial charge in [0.2, 0.25) is 0 Å². The van der Waals surface area contributed by atoms with E-state index in [9.17, 15) is 0 Å². The summed E-state index contributed by atoms with van der Waals surface area (Å²) in [5.74, 6) is 0.601. The molecular formula is C21H24N6S. The zero-order valence-electron chi connectivity index (χ0n) is 16.5. The van der Waals surface area contributed by atoms with Crippen molar-refractivity contribution in [1.29, 1.82) is 0 Å². The van der Waals surface area contributed by atoms with Crippen molar-refractivity contribution in [3.8, 4) is 11.4 Å². The van der Waals surface area contributed by atoms with Crippen LogP contribution in [0.15, 0.2) is 24.5 Å². The maximum atomic E-state index is 4.90. The zero-order chi connectivity index (χ0) is 19.3. The molecule has 0 aromatic carbocycles. The van der Waals surface area contributed by atoms with Gasteiger partial charge in [-0.3, -0.25) is 4.98 Å². The summed E-state index contributed by atoms with van der Waals surface area (Å²) in [6.07, 6.45) is 6.32. The fourth-order valence-electron chi connectivity index (χ4n) is 4.10. The van der Waals surface area contributed by atoms with Gasteiger partial charge in [-0.1, -0.05) is 6.92 Å². The van der Waals surface area contributed by atoms with E-state index >= 15 is 0 Å². The van der Waals surface area contributed by atoms with Crippen LogP contribution in [0.1, 0.15) is 41.8 Å². The monoisotopic (exact) mass is 392 g/mol. The van der Waals surface area contributed by atoms with E-state index in [4.69, 9.17) is 15.1 Å². The first-order chi connectivity index (χ1) is 13.6. The van der Waals surface area contributed by atoms with Gasteiger partial charge in [-0.2, -0.15) is 5.10 Å². The van der Waals surface area contributed by atoms with Crippen molar-refractivity contribution in [2.75, 3.05) is 19.6 Å². The molecule has 0 aliphatic carbocycles. The lowest BCUT2D eigenvalue weighted by Crippen LogP contribution is -2.33. The van der Waals surface area contributed by atoms with Crippen LogP contribution in [0.5, 0.6) is 0 Å². The molecule has 28 heavy (non-hydrogen) atoms. The first kappa shape index (κ1) is 17.7. The van der Waals surface area contributed by atoms with Crippen LogP contribution >= 0.6 is 11.3 Å². The number of piperidine rings is 1. The largest absolute Gasteiger partial charge is 0.303 e. The minimum Gasteiger partial charge on any atom is -0.303 e. The Hall–Kier alpha value is -2.38. The summed E-state index contributed by atoms with van der Waals surface area (Å²) in [6.45, 7) is 9.79. The molecule has 0 amide bonds.